The normalized spacial score (nSPS) is 16.9. The molecular formula is C12H25NO3. The first-order chi connectivity index (χ1) is 6.92. The summed E-state index contributed by atoms with van der Waals surface area (Å²) in [7, 11) is 0. The molecule has 2 N–H and O–H groups in total. The Labute approximate surface area is 98.4 Å². The Morgan fingerprint density at radius 2 is 1.62 bits per heavy atom. The van der Waals surface area contributed by atoms with Crippen LogP contribution in [0.3, 0.4) is 0 Å². The zero-order valence-corrected chi connectivity index (χ0v) is 11.4. The van der Waals surface area contributed by atoms with Crippen molar-refractivity contribution in [1.29, 1.82) is 0 Å². The van der Waals surface area contributed by atoms with Gasteiger partial charge in [-0.25, -0.2) is 0 Å². The van der Waals surface area contributed by atoms with E-state index >= 15 is 0 Å². The molecule has 4 nitrogen and oxygen atoms in total. The first-order valence-electron chi connectivity index (χ1n) is 5.61. The molecular weight excluding hydrogens is 206 g/mol. The van der Waals surface area contributed by atoms with Crippen molar-refractivity contribution in [3.05, 3.63) is 0 Å². The minimum Gasteiger partial charge on any atom is -0.480 e. The third-order valence-corrected chi connectivity index (χ3v) is 1.86. The lowest BCUT2D eigenvalue weighted by Gasteiger charge is -2.33. The highest BCUT2D eigenvalue weighted by Crippen LogP contribution is 2.15. The number of aliphatic carboxylic acids is 1. The summed E-state index contributed by atoms with van der Waals surface area (Å²) < 4.78 is 5.66. The maximum atomic E-state index is 11.2. The molecule has 0 radical (unpaired) electrons. The highest BCUT2D eigenvalue weighted by molar-refractivity contribution is 5.74. The van der Waals surface area contributed by atoms with E-state index in [1.807, 2.05) is 41.5 Å². The number of carbonyl (C=O) groups is 1. The summed E-state index contributed by atoms with van der Waals surface area (Å²) in [5.41, 5.74) is -0.592. The summed E-state index contributed by atoms with van der Waals surface area (Å²) in [6.45, 7) is 13.3. The molecule has 0 aliphatic heterocycles. The minimum absolute atomic E-state index is 0.251. The second-order valence-electron chi connectivity index (χ2n) is 6.15. The molecule has 96 valence electrons. The van der Waals surface area contributed by atoms with Gasteiger partial charge in [0.2, 0.25) is 0 Å². The fraction of sp³-hybridized carbons (Fsp3) is 0.917. The molecule has 0 aromatic heterocycles. The molecule has 0 heterocycles. The van der Waals surface area contributed by atoms with Crippen LogP contribution in [0.2, 0.25) is 0 Å². The van der Waals surface area contributed by atoms with Gasteiger partial charge in [-0.15, -0.1) is 0 Å². The lowest BCUT2D eigenvalue weighted by atomic mass is 10.0. The minimum atomic E-state index is -0.883. The summed E-state index contributed by atoms with van der Waals surface area (Å²) in [4.78, 5) is 11.2. The molecule has 2 unspecified atom stereocenters. The SMILES string of the molecule is CC(OC(C)(C)C)C(NC(C)(C)C)C(=O)O. The van der Waals surface area contributed by atoms with Crippen LogP contribution in [0.15, 0.2) is 0 Å². The number of rotatable bonds is 4. The van der Waals surface area contributed by atoms with Gasteiger partial charge in [0.15, 0.2) is 0 Å². The van der Waals surface area contributed by atoms with Crippen molar-refractivity contribution in [1.82, 2.24) is 5.32 Å². The molecule has 16 heavy (non-hydrogen) atoms. The Hall–Kier alpha value is -0.610. The smallest absolute Gasteiger partial charge is 0.323 e. The van der Waals surface area contributed by atoms with Crippen molar-refractivity contribution in [2.75, 3.05) is 0 Å². The van der Waals surface area contributed by atoms with Crippen LogP contribution >= 0.6 is 0 Å². The van der Waals surface area contributed by atoms with Crippen LogP contribution in [0.1, 0.15) is 48.5 Å². The molecule has 0 aromatic carbocycles. The van der Waals surface area contributed by atoms with E-state index < -0.39 is 12.0 Å². The fourth-order valence-corrected chi connectivity index (χ4v) is 1.47. The summed E-state index contributed by atoms with van der Waals surface area (Å²) >= 11 is 0. The maximum absolute atomic E-state index is 11.2. The fourth-order valence-electron chi connectivity index (χ4n) is 1.47. The third-order valence-electron chi connectivity index (χ3n) is 1.86. The number of nitrogens with one attached hydrogen (secondary N) is 1. The van der Waals surface area contributed by atoms with Crippen molar-refractivity contribution in [3.8, 4) is 0 Å². The molecule has 2 atom stereocenters. The molecule has 0 aliphatic carbocycles. The molecule has 0 aliphatic rings. The largest absolute Gasteiger partial charge is 0.480 e. The van der Waals surface area contributed by atoms with Crippen LogP contribution < -0.4 is 5.32 Å². The van der Waals surface area contributed by atoms with Crippen molar-refractivity contribution < 1.29 is 14.6 Å². The van der Waals surface area contributed by atoms with E-state index in [-0.39, 0.29) is 17.2 Å². The van der Waals surface area contributed by atoms with E-state index in [1.54, 1.807) is 6.92 Å². The number of carboxylic acids is 1. The second kappa shape index (κ2) is 5.15. The van der Waals surface area contributed by atoms with Crippen LogP contribution in [0.25, 0.3) is 0 Å². The molecule has 0 fully saturated rings. The van der Waals surface area contributed by atoms with Crippen LogP contribution in [-0.4, -0.2) is 34.4 Å². The number of carboxylic acid groups (broad SMARTS) is 1. The lowest BCUT2D eigenvalue weighted by molar-refractivity contribution is -0.148. The van der Waals surface area contributed by atoms with Crippen LogP contribution in [-0.2, 0) is 9.53 Å². The Kier molecular flexibility index (Phi) is 4.95. The number of hydrogen-bond acceptors (Lipinski definition) is 3. The van der Waals surface area contributed by atoms with E-state index in [9.17, 15) is 4.79 Å². The first-order valence-corrected chi connectivity index (χ1v) is 5.61. The van der Waals surface area contributed by atoms with E-state index in [2.05, 4.69) is 5.32 Å². The van der Waals surface area contributed by atoms with Crippen LogP contribution in [0, 0.1) is 0 Å². The molecule has 0 bridgehead atoms. The van der Waals surface area contributed by atoms with Crippen molar-refractivity contribution in [2.45, 2.75) is 71.8 Å². The number of hydrogen-bond donors (Lipinski definition) is 2. The van der Waals surface area contributed by atoms with Gasteiger partial charge in [-0.2, -0.15) is 0 Å². The van der Waals surface area contributed by atoms with Gasteiger partial charge in [-0.1, -0.05) is 0 Å². The van der Waals surface area contributed by atoms with Gasteiger partial charge >= 0.3 is 5.97 Å². The summed E-state index contributed by atoms with van der Waals surface area (Å²) in [6.07, 6.45) is -0.378. The zero-order chi connectivity index (χ0) is 13.1. The summed E-state index contributed by atoms with van der Waals surface area (Å²) in [5, 5.41) is 12.2. The highest BCUT2D eigenvalue weighted by Gasteiger charge is 2.31. The number of ether oxygens (including phenoxy) is 1. The van der Waals surface area contributed by atoms with E-state index in [4.69, 9.17) is 9.84 Å². The molecule has 0 saturated carbocycles. The summed E-state index contributed by atoms with van der Waals surface area (Å²) in [5.74, 6) is -0.883. The van der Waals surface area contributed by atoms with Gasteiger partial charge in [0.1, 0.15) is 6.04 Å². The zero-order valence-electron chi connectivity index (χ0n) is 11.4. The Morgan fingerprint density at radius 1 is 1.19 bits per heavy atom. The Bertz CT molecular complexity index is 238. The predicted molar refractivity (Wildman–Crippen MR) is 64.6 cm³/mol. The topological polar surface area (TPSA) is 58.6 Å². The van der Waals surface area contributed by atoms with Crippen LogP contribution in [0.4, 0.5) is 0 Å². The standard InChI is InChI=1S/C12H25NO3/c1-8(16-12(5,6)7)9(10(14)15)13-11(2,3)4/h8-9,13H,1-7H3,(H,14,15). The average molecular weight is 231 g/mol. The quantitative estimate of drug-likeness (QED) is 0.777. The molecule has 0 aromatic rings. The van der Waals surface area contributed by atoms with Gasteiger partial charge in [-0.3, -0.25) is 10.1 Å². The Morgan fingerprint density at radius 3 is 1.88 bits per heavy atom. The van der Waals surface area contributed by atoms with Gasteiger partial charge in [0.25, 0.3) is 0 Å². The predicted octanol–water partition coefficient (Wildman–Crippen LogP) is 2.03. The van der Waals surface area contributed by atoms with E-state index in [0.29, 0.717) is 0 Å². The van der Waals surface area contributed by atoms with Crippen molar-refractivity contribution in [2.24, 2.45) is 0 Å². The van der Waals surface area contributed by atoms with Gasteiger partial charge in [0.05, 0.1) is 11.7 Å². The highest BCUT2D eigenvalue weighted by atomic mass is 16.5. The van der Waals surface area contributed by atoms with Gasteiger partial charge < -0.3 is 9.84 Å². The average Bonchev–Trinajstić information content (AvgIpc) is 1.94. The second-order valence-corrected chi connectivity index (χ2v) is 6.15. The molecule has 0 rings (SSSR count). The Balaban J connectivity index is 4.61. The summed E-state index contributed by atoms with van der Waals surface area (Å²) in [6, 6.07) is -0.695. The van der Waals surface area contributed by atoms with E-state index in [0.717, 1.165) is 0 Å². The maximum Gasteiger partial charge on any atom is 0.323 e. The monoisotopic (exact) mass is 231 g/mol. The van der Waals surface area contributed by atoms with Gasteiger partial charge in [0, 0.05) is 5.54 Å². The molecule has 0 saturated heterocycles. The van der Waals surface area contributed by atoms with E-state index in [1.165, 1.54) is 0 Å². The van der Waals surface area contributed by atoms with Crippen molar-refractivity contribution in [3.63, 3.8) is 0 Å². The lowest BCUT2D eigenvalue weighted by Crippen LogP contribution is -2.54. The molecule has 0 amide bonds. The molecule has 4 heteroatoms. The van der Waals surface area contributed by atoms with Crippen LogP contribution in [0.5, 0.6) is 0 Å². The van der Waals surface area contributed by atoms with Crippen molar-refractivity contribution >= 4 is 5.97 Å². The molecule has 0 spiro atoms. The first kappa shape index (κ1) is 15.4. The third kappa shape index (κ3) is 6.80. The van der Waals surface area contributed by atoms with Gasteiger partial charge in [-0.05, 0) is 48.5 Å².